The standard InChI is InChI=1S/C19H26N2O3/c1-19(2,11-14-5-8-16(23-3)9-6-14)12-15-7-10-17(18(22)24-4)21(15)13-20/h5-6,8-9,15,17H,7,10-12H2,1-4H3. The Morgan fingerprint density at radius 3 is 2.50 bits per heavy atom. The Balaban J connectivity index is 2.02. The quantitative estimate of drug-likeness (QED) is 0.592. The molecule has 0 aliphatic carbocycles. The van der Waals surface area contributed by atoms with Crippen LogP contribution in [0.1, 0.15) is 38.7 Å². The Morgan fingerprint density at radius 2 is 1.96 bits per heavy atom. The van der Waals surface area contributed by atoms with Gasteiger partial charge in [-0.2, -0.15) is 5.26 Å². The first-order valence-corrected chi connectivity index (χ1v) is 8.29. The maximum atomic E-state index is 11.8. The number of esters is 1. The molecule has 0 spiro atoms. The van der Waals surface area contributed by atoms with Gasteiger partial charge in [0.15, 0.2) is 6.19 Å². The lowest BCUT2D eigenvalue weighted by Gasteiger charge is -2.32. The SMILES string of the molecule is COC(=O)C1CCC(CC(C)(C)Cc2ccc(OC)cc2)N1C#N. The van der Waals surface area contributed by atoms with Crippen LogP contribution in [-0.2, 0) is 16.0 Å². The van der Waals surface area contributed by atoms with Crippen molar-refractivity contribution in [2.24, 2.45) is 5.41 Å². The van der Waals surface area contributed by atoms with Crippen LogP contribution >= 0.6 is 0 Å². The second-order valence-corrected chi connectivity index (χ2v) is 7.17. The molecule has 0 saturated carbocycles. The molecule has 1 saturated heterocycles. The molecule has 0 N–H and O–H groups in total. The van der Waals surface area contributed by atoms with Crippen molar-refractivity contribution in [3.63, 3.8) is 0 Å². The number of rotatable bonds is 6. The minimum Gasteiger partial charge on any atom is -0.497 e. The van der Waals surface area contributed by atoms with E-state index in [-0.39, 0.29) is 17.4 Å². The monoisotopic (exact) mass is 330 g/mol. The highest BCUT2D eigenvalue weighted by Gasteiger charge is 2.40. The summed E-state index contributed by atoms with van der Waals surface area (Å²) in [6, 6.07) is 7.75. The van der Waals surface area contributed by atoms with Crippen molar-refractivity contribution in [1.29, 1.82) is 5.26 Å². The molecule has 1 heterocycles. The molecule has 2 atom stereocenters. The number of ether oxygens (including phenoxy) is 2. The first-order valence-electron chi connectivity index (χ1n) is 8.29. The first-order chi connectivity index (χ1) is 11.4. The third-order valence-corrected chi connectivity index (χ3v) is 4.72. The van der Waals surface area contributed by atoms with Crippen LogP contribution in [0.2, 0.25) is 0 Å². The van der Waals surface area contributed by atoms with Crippen molar-refractivity contribution in [2.45, 2.75) is 51.6 Å². The zero-order valence-electron chi connectivity index (χ0n) is 14.9. The maximum Gasteiger partial charge on any atom is 0.329 e. The van der Waals surface area contributed by atoms with Crippen LogP contribution in [0.3, 0.4) is 0 Å². The van der Waals surface area contributed by atoms with E-state index in [0.717, 1.165) is 25.0 Å². The largest absolute Gasteiger partial charge is 0.497 e. The molecule has 1 aromatic carbocycles. The van der Waals surface area contributed by atoms with Gasteiger partial charge in [-0.05, 0) is 48.8 Å². The molecule has 24 heavy (non-hydrogen) atoms. The van der Waals surface area contributed by atoms with E-state index < -0.39 is 6.04 Å². The van der Waals surface area contributed by atoms with Gasteiger partial charge in [0.05, 0.1) is 14.2 Å². The van der Waals surface area contributed by atoms with E-state index in [1.807, 2.05) is 12.1 Å². The molecule has 1 fully saturated rings. The summed E-state index contributed by atoms with van der Waals surface area (Å²) in [5.41, 5.74) is 1.27. The normalized spacial score (nSPS) is 20.5. The fourth-order valence-corrected chi connectivity index (χ4v) is 3.61. The molecular formula is C19H26N2O3. The number of methoxy groups -OCH3 is 2. The zero-order valence-corrected chi connectivity index (χ0v) is 14.9. The summed E-state index contributed by atoms with van der Waals surface area (Å²) < 4.78 is 10.0. The molecule has 2 rings (SSSR count). The highest BCUT2D eigenvalue weighted by molar-refractivity contribution is 5.76. The molecule has 1 aliphatic heterocycles. The van der Waals surface area contributed by atoms with Gasteiger partial charge in [-0.3, -0.25) is 4.90 Å². The first kappa shape index (κ1) is 18.1. The number of hydrogen-bond acceptors (Lipinski definition) is 5. The van der Waals surface area contributed by atoms with Gasteiger partial charge in [-0.1, -0.05) is 26.0 Å². The number of carbonyl (C=O) groups is 1. The van der Waals surface area contributed by atoms with E-state index >= 15 is 0 Å². The van der Waals surface area contributed by atoms with Gasteiger partial charge >= 0.3 is 5.97 Å². The molecule has 5 nitrogen and oxygen atoms in total. The minimum atomic E-state index is -0.429. The highest BCUT2D eigenvalue weighted by atomic mass is 16.5. The topological polar surface area (TPSA) is 62.6 Å². The van der Waals surface area contributed by atoms with Gasteiger partial charge < -0.3 is 9.47 Å². The molecule has 1 aliphatic rings. The van der Waals surface area contributed by atoms with E-state index in [4.69, 9.17) is 9.47 Å². The Bertz CT molecular complexity index is 604. The summed E-state index contributed by atoms with van der Waals surface area (Å²) in [4.78, 5) is 13.4. The summed E-state index contributed by atoms with van der Waals surface area (Å²) in [7, 11) is 3.03. The van der Waals surface area contributed by atoms with Crippen LogP contribution < -0.4 is 4.74 Å². The van der Waals surface area contributed by atoms with E-state index in [1.165, 1.54) is 12.7 Å². The third-order valence-electron chi connectivity index (χ3n) is 4.72. The molecule has 5 heteroatoms. The second kappa shape index (κ2) is 7.57. The molecule has 0 aromatic heterocycles. The van der Waals surface area contributed by atoms with Crippen molar-refractivity contribution in [1.82, 2.24) is 4.90 Å². The number of hydrogen-bond donors (Lipinski definition) is 0. The Labute approximate surface area is 144 Å². The minimum absolute atomic E-state index is 0.0271. The lowest BCUT2D eigenvalue weighted by molar-refractivity contribution is -0.145. The number of nitriles is 1. The van der Waals surface area contributed by atoms with Crippen molar-refractivity contribution >= 4 is 5.97 Å². The van der Waals surface area contributed by atoms with E-state index in [1.54, 1.807) is 12.0 Å². The Morgan fingerprint density at radius 1 is 1.29 bits per heavy atom. The maximum absolute atomic E-state index is 11.8. The van der Waals surface area contributed by atoms with Gasteiger partial charge in [0.25, 0.3) is 0 Å². The molecule has 2 unspecified atom stereocenters. The predicted molar refractivity (Wildman–Crippen MR) is 91.4 cm³/mol. The summed E-state index contributed by atoms with van der Waals surface area (Å²) in [5.74, 6) is 0.538. The van der Waals surface area contributed by atoms with E-state index in [0.29, 0.717) is 6.42 Å². The fraction of sp³-hybridized carbons (Fsp3) is 0.579. The van der Waals surface area contributed by atoms with Crippen molar-refractivity contribution in [3.8, 4) is 11.9 Å². The van der Waals surface area contributed by atoms with Crippen LogP contribution in [0.4, 0.5) is 0 Å². The number of likely N-dealkylation sites (tertiary alicyclic amines) is 1. The molecule has 130 valence electrons. The van der Waals surface area contributed by atoms with Crippen LogP contribution in [0.25, 0.3) is 0 Å². The van der Waals surface area contributed by atoms with Gasteiger partial charge in [-0.15, -0.1) is 0 Å². The van der Waals surface area contributed by atoms with E-state index in [9.17, 15) is 10.1 Å². The average molecular weight is 330 g/mol. The second-order valence-electron chi connectivity index (χ2n) is 7.17. The number of benzene rings is 1. The van der Waals surface area contributed by atoms with Crippen molar-refractivity contribution in [2.75, 3.05) is 14.2 Å². The lowest BCUT2D eigenvalue weighted by atomic mass is 9.79. The van der Waals surface area contributed by atoms with Gasteiger partial charge in [0, 0.05) is 6.04 Å². The van der Waals surface area contributed by atoms with Crippen molar-refractivity contribution < 1.29 is 14.3 Å². The molecule has 1 aromatic rings. The summed E-state index contributed by atoms with van der Waals surface area (Å²) in [5, 5.41) is 9.45. The van der Waals surface area contributed by atoms with Gasteiger partial charge in [0.2, 0.25) is 0 Å². The summed E-state index contributed by atoms with van der Waals surface area (Å²) >= 11 is 0. The predicted octanol–water partition coefficient (Wildman–Crippen LogP) is 3.14. The molecule has 0 radical (unpaired) electrons. The highest BCUT2D eigenvalue weighted by Crippen LogP contribution is 2.35. The Hall–Kier alpha value is -2.22. The van der Waals surface area contributed by atoms with Crippen LogP contribution in [0.15, 0.2) is 24.3 Å². The third kappa shape index (κ3) is 4.19. The lowest BCUT2D eigenvalue weighted by Crippen LogP contribution is -2.39. The molecular weight excluding hydrogens is 304 g/mol. The average Bonchev–Trinajstić information content (AvgIpc) is 2.96. The van der Waals surface area contributed by atoms with E-state index in [2.05, 4.69) is 32.2 Å². The van der Waals surface area contributed by atoms with Gasteiger partial charge in [-0.25, -0.2) is 4.79 Å². The van der Waals surface area contributed by atoms with Crippen LogP contribution in [0, 0.1) is 16.9 Å². The van der Waals surface area contributed by atoms with Crippen molar-refractivity contribution in [3.05, 3.63) is 29.8 Å². The molecule has 0 bridgehead atoms. The molecule has 0 amide bonds. The van der Waals surface area contributed by atoms with Gasteiger partial charge in [0.1, 0.15) is 11.8 Å². The zero-order chi connectivity index (χ0) is 17.7. The smallest absolute Gasteiger partial charge is 0.329 e. The Kier molecular flexibility index (Phi) is 5.71. The van der Waals surface area contributed by atoms with Crippen LogP contribution in [-0.4, -0.2) is 37.2 Å². The number of nitrogens with zero attached hydrogens (tertiary/aromatic N) is 2. The summed E-state index contributed by atoms with van der Waals surface area (Å²) in [6.07, 6.45) is 5.50. The number of carbonyl (C=O) groups excluding carboxylic acids is 1. The van der Waals surface area contributed by atoms with Crippen LogP contribution in [0.5, 0.6) is 5.75 Å². The summed E-state index contributed by atoms with van der Waals surface area (Å²) in [6.45, 7) is 4.41. The fourth-order valence-electron chi connectivity index (χ4n) is 3.61.